The van der Waals surface area contributed by atoms with Crippen molar-refractivity contribution in [3.05, 3.63) is 23.8 Å². The standard InChI is InChI=1S/C12H13F5N2/c1-2-7-5-18-10-3-8(13)9(14)4-11(10)19(7)6-12(15,16)17/h3-4,7,18H,2,5-6H2,1H3. The molecule has 0 amide bonds. The molecule has 2 rings (SSSR count). The normalized spacial score (nSPS) is 19.1. The molecule has 1 aromatic rings. The van der Waals surface area contributed by atoms with Gasteiger partial charge in [0.1, 0.15) is 6.54 Å². The Kier molecular flexibility index (Phi) is 3.56. The Bertz CT molecular complexity index is 472. The third kappa shape index (κ3) is 2.90. The van der Waals surface area contributed by atoms with Crippen LogP contribution in [-0.2, 0) is 0 Å². The lowest BCUT2D eigenvalue weighted by Gasteiger charge is -2.39. The van der Waals surface area contributed by atoms with Crippen LogP contribution in [0.25, 0.3) is 0 Å². The van der Waals surface area contributed by atoms with E-state index in [4.69, 9.17) is 0 Å². The van der Waals surface area contributed by atoms with E-state index in [0.29, 0.717) is 6.42 Å². The summed E-state index contributed by atoms with van der Waals surface area (Å²) in [6.45, 7) is 0.844. The lowest BCUT2D eigenvalue weighted by molar-refractivity contribution is -0.120. The van der Waals surface area contributed by atoms with Gasteiger partial charge in [0.25, 0.3) is 0 Å². The fourth-order valence-electron chi connectivity index (χ4n) is 2.22. The lowest BCUT2D eigenvalue weighted by atomic mass is 10.1. The van der Waals surface area contributed by atoms with Crippen LogP contribution < -0.4 is 10.2 Å². The van der Waals surface area contributed by atoms with Crippen molar-refractivity contribution in [1.82, 2.24) is 0 Å². The minimum Gasteiger partial charge on any atom is -0.381 e. The van der Waals surface area contributed by atoms with Crippen molar-refractivity contribution in [2.45, 2.75) is 25.6 Å². The molecule has 19 heavy (non-hydrogen) atoms. The quantitative estimate of drug-likeness (QED) is 0.834. The van der Waals surface area contributed by atoms with Gasteiger partial charge in [-0.3, -0.25) is 0 Å². The summed E-state index contributed by atoms with van der Waals surface area (Å²) in [6.07, 6.45) is -3.92. The number of nitrogens with zero attached hydrogens (tertiary/aromatic N) is 1. The Labute approximate surface area is 107 Å². The maximum absolute atomic E-state index is 13.2. The summed E-state index contributed by atoms with van der Waals surface area (Å²) in [6, 6.07) is 1.30. The summed E-state index contributed by atoms with van der Waals surface area (Å²) >= 11 is 0. The number of anilines is 2. The molecule has 7 heteroatoms. The van der Waals surface area contributed by atoms with Crippen LogP contribution in [0.5, 0.6) is 0 Å². The molecular formula is C12H13F5N2. The van der Waals surface area contributed by atoms with Crippen LogP contribution in [0.4, 0.5) is 33.3 Å². The van der Waals surface area contributed by atoms with Crippen LogP contribution >= 0.6 is 0 Å². The molecule has 1 N–H and O–H groups in total. The summed E-state index contributed by atoms with van der Waals surface area (Å²) in [7, 11) is 0. The highest BCUT2D eigenvalue weighted by atomic mass is 19.4. The number of nitrogens with one attached hydrogen (secondary N) is 1. The maximum Gasteiger partial charge on any atom is 0.405 e. The topological polar surface area (TPSA) is 15.3 Å². The van der Waals surface area contributed by atoms with Gasteiger partial charge in [-0.05, 0) is 6.42 Å². The molecule has 0 bridgehead atoms. The highest BCUT2D eigenvalue weighted by Crippen LogP contribution is 2.36. The van der Waals surface area contributed by atoms with E-state index in [1.807, 2.05) is 0 Å². The first-order valence-corrected chi connectivity index (χ1v) is 5.88. The van der Waals surface area contributed by atoms with Gasteiger partial charge in [0.2, 0.25) is 0 Å². The Morgan fingerprint density at radius 3 is 2.47 bits per heavy atom. The van der Waals surface area contributed by atoms with E-state index in [0.717, 1.165) is 17.0 Å². The fraction of sp³-hybridized carbons (Fsp3) is 0.500. The number of fused-ring (bicyclic) bond motifs is 1. The Hall–Kier alpha value is -1.53. The number of hydrogen-bond acceptors (Lipinski definition) is 2. The van der Waals surface area contributed by atoms with Gasteiger partial charge in [-0.2, -0.15) is 13.2 Å². The molecule has 0 aliphatic carbocycles. The molecule has 0 saturated carbocycles. The summed E-state index contributed by atoms with van der Waals surface area (Å²) in [5.41, 5.74) is 0.238. The van der Waals surface area contributed by atoms with Crippen molar-refractivity contribution in [3.63, 3.8) is 0 Å². The van der Waals surface area contributed by atoms with E-state index in [2.05, 4.69) is 5.32 Å². The molecule has 1 heterocycles. The van der Waals surface area contributed by atoms with Crippen LogP contribution in [0.2, 0.25) is 0 Å². The summed E-state index contributed by atoms with van der Waals surface area (Å²) in [4.78, 5) is 1.08. The molecule has 0 saturated heterocycles. The van der Waals surface area contributed by atoms with E-state index in [1.54, 1.807) is 6.92 Å². The minimum absolute atomic E-state index is 0.0503. The fourth-order valence-corrected chi connectivity index (χ4v) is 2.22. The highest BCUT2D eigenvalue weighted by Gasteiger charge is 2.36. The van der Waals surface area contributed by atoms with Crippen molar-refractivity contribution < 1.29 is 22.0 Å². The number of halogens is 5. The molecule has 0 fully saturated rings. The monoisotopic (exact) mass is 280 g/mol. The Morgan fingerprint density at radius 2 is 1.89 bits per heavy atom. The number of benzene rings is 1. The second-order valence-corrected chi connectivity index (χ2v) is 4.47. The Morgan fingerprint density at radius 1 is 1.26 bits per heavy atom. The highest BCUT2D eigenvalue weighted by molar-refractivity contribution is 5.73. The number of alkyl halides is 3. The van der Waals surface area contributed by atoms with Gasteiger partial charge in [-0.15, -0.1) is 0 Å². The van der Waals surface area contributed by atoms with Crippen molar-refractivity contribution >= 4 is 11.4 Å². The smallest absolute Gasteiger partial charge is 0.381 e. The molecule has 1 aromatic carbocycles. The van der Waals surface area contributed by atoms with Crippen molar-refractivity contribution in [3.8, 4) is 0 Å². The molecule has 106 valence electrons. The first-order chi connectivity index (χ1) is 8.81. The molecular weight excluding hydrogens is 267 g/mol. The molecule has 1 unspecified atom stereocenters. The average Bonchev–Trinajstić information content (AvgIpc) is 2.30. The number of hydrogen-bond donors (Lipinski definition) is 1. The first kappa shape index (κ1) is 13.9. The predicted molar refractivity (Wildman–Crippen MR) is 62.3 cm³/mol. The molecule has 2 nitrogen and oxygen atoms in total. The van der Waals surface area contributed by atoms with Crippen LogP contribution in [0.1, 0.15) is 13.3 Å². The van der Waals surface area contributed by atoms with Crippen LogP contribution in [-0.4, -0.2) is 25.3 Å². The van der Waals surface area contributed by atoms with Gasteiger partial charge < -0.3 is 10.2 Å². The first-order valence-electron chi connectivity index (χ1n) is 5.88. The maximum atomic E-state index is 13.2. The SMILES string of the molecule is CCC1CNc2cc(F)c(F)cc2N1CC(F)(F)F. The van der Waals surface area contributed by atoms with Crippen molar-refractivity contribution in [2.24, 2.45) is 0 Å². The summed E-state index contributed by atoms with van der Waals surface area (Å²) < 4.78 is 64.1. The second kappa shape index (κ2) is 4.86. The zero-order valence-electron chi connectivity index (χ0n) is 10.2. The third-order valence-corrected chi connectivity index (χ3v) is 3.14. The molecule has 0 spiro atoms. The van der Waals surface area contributed by atoms with E-state index in [1.165, 1.54) is 0 Å². The van der Waals surface area contributed by atoms with Crippen molar-refractivity contribution in [1.29, 1.82) is 0 Å². The lowest BCUT2D eigenvalue weighted by Crippen LogP contribution is -2.48. The second-order valence-electron chi connectivity index (χ2n) is 4.47. The Balaban J connectivity index is 2.42. The van der Waals surface area contributed by atoms with Gasteiger partial charge in [-0.25, -0.2) is 8.78 Å². The van der Waals surface area contributed by atoms with E-state index >= 15 is 0 Å². The van der Waals surface area contributed by atoms with Crippen LogP contribution in [0.3, 0.4) is 0 Å². The molecule has 1 aliphatic heterocycles. The predicted octanol–water partition coefficient (Wildman–Crippen LogP) is 3.54. The molecule has 0 aromatic heterocycles. The largest absolute Gasteiger partial charge is 0.405 e. The van der Waals surface area contributed by atoms with Crippen LogP contribution in [0, 0.1) is 11.6 Å². The average molecular weight is 280 g/mol. The molecule has 0 radical (unpaired) electrons. The zero-order chi connectivity index (χ0) is 14.2. The van der Waals surface area contributed by atoms with Crippen molar-refractivity contribution in [2.75, 3.05) is 23.3 Å². The van der Waals surface area contributed by atoms with Gasteiger partial charge in [0.15, 0.2) is 11.6 Å². The third-order valence-electron chi connectivity index (χ3n) is 3.14. The van der Waals surface area contributed by atoms with Gasteiger partial charge >= 0.3 is 6.18 Å². The summed E-state index contributed by atoms with van der Waals surface area (Å²) in [5, 5.41) is 2.83. The van der Waals surface area contributed by atoms with Gasteiger partial charge in [-0.1, -0.05) is 6.92 Å². The van der Waals surface area contributed by atoms with E-state index in [9.17, 15) is 22.0 Å². The van der Waals surface area contributed by atoms with Gasteiger partial charge in [0, 0.05) is 24.7 Å². The molecule has 1 aliphatic rings. The van der Waals surface area contributed by atoms with Gasteiger partial charge in [0.05, 0.1) is 11.4 Å². The van der Waals surface area contributed by atoms with Crippen LogP contribution in [0.15, 0.2) is 12.1 Å². The van der Waals surface area contributed by atoms with E-state index < -0.39 is 30.4 Å². The zero-order valence-corrected chi connectivity index (χ0v) is 10.2. The minimum atomic E-state index is -4.40. The number of rotatable bonds is 2. The summed E-state index contributed by atoms with van der Waals surface area (Å²) in [5.74, 6) is -2.22. The molecule has 1 atom stereocenters. The van der Waals surface area contributed by atoms with E-state index in [-0.39, 0.29) is 17.9 Å².